The second-order valence-electron chi connectivity index (χ2n) is 2.51. The van der Waals surface area contributed by atoms with E-state index in [1.54, 1.807) is 5.41 Å². The van der Waals surface area contributed by atoms with E-state index in [1.165, 1.54) is 5.57 Å². The van der Waals surface area contributed by atoms with E-state index in [9.17, 15) is 4.21 Å². The molecule has 0 radical (unpaired) electrons. The van der Waals surface area contributed by atoms with Gasteiger partial charge in [-0.3, -0.25) is 4.21 Å². The zero-order chi connectivity index (χ0) is 6.97. The normalized spacial score (nSPS) is 33.3. The van der Waals surface area contributed by atoms with E-state index in [4.69, 9.17) is 0 Å². The van der Waals surface area contributed by atoms with Gasteiger partial charge in [0, 0.05) is 18.2 Å². The summed E-state index contributed by atoms with van der Waals surface area (Å²) in [5.41, 5.74) is 1.20. The molecule has 0 bridgehead atoms. The Morgan fingerprint density at radius 1 is 1.64 bits per heavy atom. The minimum Gasteiger partial charge on any atom is -0.391 e. The molecule has 0 aromatic carbocycles. The van der Waals surface area contributed by atoms with Crippen molar-refractivity contribution in [2.75, 3.05) is 6.54 Å². The molecule has 0 amide bonds. The lowest BCUT2D eigenvalue weighted by Crippen LogP contribution is -2.24. The smallest absolute Gasteiger partial charge is 0.0668 e. The second-order valence-corrected chi connectivity index (χ2v) is 4.01. The van der Waals surface area contributed by atoms with Gasteiger partial charge in [-0.25, -0.2) is 0 Å². The van der Waals surface area contributed by atoms with Gasteiger partial charge >= 0.3 is 0 Å². The lowest BCUT2D eigenvalue weighted by Gasteiger charge is -2.16. The Kier molecular flexibility index (Phi) is 2.73. The highest BCUT2D eigenvalue weighted by molar-refractivity contribution is 7.89. The first kappa shape index (κ1) is 8.81. The topological polar surface area (TPSA) is 29.1 Å². The Balaban J connectivity index is 0.000000605. The van der Waals surface area contributed by atoms with Crippen LogP contribution in [0.5, 0.6) is 0 Å². The maximum Gasteiger partial charge on any atom is 0.0668 e. The van der Waals surface area contributed by atoms with Crippen LogP contribution in [-0.4, -0.2) is 16.0 Å². The maximum absolute atomic E-state index is 11.2. The zero-order valence-corrected chi connectivity index (χ0v) is 7.58. The molecule has 11 heavy (non-hydrogen) atoms. The van der Waals surface area contributed by atoms with Crippen LogP contribution in [0.4, 0.5) is 0 Å². The molecule has 2 nitrogen and oxygen atoms in total. The van der Waals surface area contributed by atoms with Crippen LogP contribution in [0, 0.1) is 0 Å². The fourth-order valence-corrected chi connectivity index (χ4v) is 2.56. The lowest BCUT2D eigenvalue weighted by atomic mass is 10.1. The van der Waals surface area contributed by atoms with Gasteiger partial charge < -0.3 is 5.32 Å². The fraction of sp³-hybridized carbons (Fsp3) is 0.429. The highest BCUT2D eigenvalue weighted by atomic mass is 35.5. The Morgan fingerprint density at radius 3 is 3.18 bits per heavy atom. The lowest BCUT2D eigenvalue weighted by molar-refractivity contribution is 0.664. The first-order valence-electron chi connectivity index (χ1n) is 3.39. The zero-order valence-electron chi connectivity index (χ0n) is 5.95. The predicted molar refractivity (Wildman–Crippen MR) is 49.0 cm³/mol. The molecular formula is C7H10ClNOS. The van der Waals surface area contributed by atoms with Gasteiger partial charge in [-0.05, 0) is 18.1 Å². The minimum atomic E-state index is -0.728. The van der Waals surface area contributed by atoms with Gasteiger partial charge in [-0.15, -0.1) is 12.4 Å². The molecule has 0 aliphatic carbocycles. The molecule has 0 aromatic rings. The van der Waals surface area contributed by atoms with Crippen LogP contribution < -0.4 is 5.32 Å². The van der Waals surface area contributed by atoms with Gasteiger partial charge in [0.25, 0.3) is 0 Å². The van der Waals surface area contributed by atoms with Crippen LogP contribution in [-0.2, 0) is 10.8 Å². The molecule has 0 aromatic heterocycles. The van der Waals surface area contributed by atoms with E-state index in [0.717, 1.165) is 13.0 Å². The molecule has 2 rings (SSSR count). The van der Waals surface area contributed by atoms with E-state index in [0.29, 0.717) is 5.25 Å². The first-order chi connectivity index (χ1) is 4.88. The summed E-state index contributed by atoms with van der Waals surface area (Å²) in [4.78, 5) is 0. The average molecular weight is 192 g/mol. The van der Waals surface area contributed by atoms with Crippen molar-refractivity contribution in [3.05, 3.63) is 23.3 Å². The van der Waals surface area contributed by atoms with E-state index in [2.05, 4.69) is 5.32 Å². The molecule has 0 saturated heterocycles. The molecule has 2 heterocycles. The number of hydrogen-bond donors (Lipinski definition) is 1. The van der Waals surface area contributed by atoms with Gasteiger partial charge in [0.15, 0.2) is 0 Å². The van der Waals surface area contributed by atoms with Crippen molar-refractivity contribution in [3.63, 3.8) is 0 Å². The molecule has 2 aliphatic rings. The SMILES string of the molecule is Cl.O=S1C=CC2=CNCCC21. The third kappa shape index (κ3) is 1.49. The van der Waals surface area contributed by atoms with Crippen molar-refractivity contribution in [2.24, 2.45) is 0 Å². The number of rotatable bonds is 0. The maximum atomic E-state index is 11.2. The Hall–Kier alpha value is -0.280. The van der Waals surface area contributed by atoms with Gasteiger partial charge in [0.05, 0.1) is 16.0 Å². The molecule has 0 saturated carbocycles. The van der Waals surface area contributed by atoms with Crippen LogP contribution in [0.25, 0.3) is 0 Å². The molecule has 2 atom stereocenters. The standard InChI is InChI=1S/C7H9NOS.ClH/c9-10-4-2-6-5-8-3-1-7(6)10;/h2,4-5,7-8H,1,3H2;1H. The highest BCUT2D eigenvalue weighted by Crippen LogP contribution is 2.23. The van der Waals surface area contributed by atoms with Gasteiger partial charge in [0.1, 0.15) is 0 Å². The molecule has 2 unspecified atom stereocenters. The van der Waals surface area contributed by atoms with Crippen LogP contribution in [0.15, 0.2) is 23.3 Å². The second kappa shape index (κ2) is 3.41. The molecule has 0 fully saturated rings. The Morgan fingerprint density at radius 2 is 2.45 bits per heavy atom. The Labute approximate surface area is 74.6 Å². The summed E-state index contributed by atoms with van der Waals surface area (Å²) in [5, 5.41) is 5.20. The largest absolute Gasteiger partial charge is 0.391 e. The molecule has 0 spiro atoms. The van der Waals surface area contributed by atoms with Crippen molar-refractivity contribution in [1.82, 2.24) is 5.32 Å². The van der Waals surface area contributed by atoms with Crippen LogP contribution in [0.3, 0.4) is 0 Å². The monoisotopic (exact) mass is 191 g/mol. The summed E-state index contributed by atoms with van der Waals surface area (Å²) in [6.45, 7) is 0.960. The summed E-state index contributed by atoms with van der Waals surface area (Å²) in [6.07, 6.45) is 4.92. The summed E-state index contributed by atoms with van der Waals surface area (Å²) < 4.78 is 11.2. The van der Waals surface area contributed by atoms with E-state index in [-0.39, 0.29) is 12.4 Å². The number of hydrogen-bond acceptors (Lipinski definition) is 2. The van der Waals surface area contributed by atoms with Crippen LogP contribution in [0.1, 0.15) is 6.42 Å². The molecular weight excluding hydrogens is 182 g/mol. The highest BCUT2D eigenvalue weighted by Gasteiger charge is 2.24. The number of halogens is 1. The molecule has 4 heteroatoms. The van der Waals surface area contributed by atoms with Crippen molar-refractivity contribution >= 4 is 23.2 Å². The van der Waals surface area contributed by atoms with Gasteiger partial charge in [-0.1, -0.05) is 0 Å². The first-order valence-corrected chi connectivity index (χ1v) is 4.66. The van der Waals surface area contributed by atoms with Crippen molar-refractivity contribution in [1.29, 1.82) is 0 Å². The fourth-order valence-electron chi connectivity index (χ4n) is 1.31. The summed E-state index contributed by atoms with van der Waals surface area (Å²) >= 11 is 0. The molecule has 62 valence electrons. The van der Waals surface area contributed by atoms with Crippen molar-refractivity contribution in [2.45, 2.75) is 11.7 Å². The number of allylic oxidation sites excluding steroid dienone is 1. The van der Waals surface area contributed by atoms with Crippen molar-refractivity contribution < 1.29 is 4.21 Å². The summed E-state index contributed by atoms with van der Waals surface area (Å²) in [5.74, 6) is 0. The Bertz CT molecular complexity index is 237. The third-order valence-electron chi connectivity index (χ3n) is 1.87. The third-order valence-corrected chi connectivity index (χ3v) is 3.34. The summed E-state index contributed by atoms with van der Waals surface area (Å²) in [6, 6.07) is 0. The van der Waals surface area contributed by atoms with E-state index < -0.39 is 10.8 Å². The van der Waals surface area contributed by atoms with Crippen LogP contribution >= 0.6 is 12.4 Å². The van der Waals surface area contributed by atoms with E-state index in [1.807, 2.05) is 12.3 Å². The molecule has 1 N–H and O–H groups in total. The quantitative estimate of drug-likeness (QED) is 0.618. The van der Waals surface area contributed by atoms with E-state index >= 15 is 0 Å². The van der Waals surface area contributed by atoms with Crippen LogP contribution in [0.2, 0.25) is 0 Å². The number of nitrogens with one attached hydrogen (secondary N) is 1. The average Bonchev–Trinajstić information content (AvgIpc) is 2.34. The van der Waals surface area contributed by atoms with Gasteiger partial charge in [0.2, 0.25) is 0 Å². The van der Waals surface area contributed by atoms with Gasteiger partial charge in [-0.2, -0.15) is 0 Å². The van der Waals surface area contributed by atoms with Crippen molar-refractivity contribution in [3.8, 4) is 0 Å². The molecule has 2 aliphatic heterocycles. The summed E-state index contributed by atoms with van der Waals surface area (Å²) in [7, 11) is -0.728. The number of fused-ring (bicyclic) bond motifs is 1. The minimum absolute atomic E-state index is 0. The predicted octanol–water partition coefficient (Wildman–Crippen LogP) is 0.930.